The van der Waals surface area contributed by atoms with Gasteiger partial charge in [0, 0.05) is 0 Å². The number of hydrazone groups is 1. The first-order valence-electron chi connectivity index (χ1n) is 9.50. The van der Waals surface area contributed by atoms with Crippen LogP contribution in [0.15, 0.2) is 5.10 Å². The summed E-state index contributed by atoms with van der Waals surface area (Å²) in [6.07, 6.45) is 19.9. The maximum Gasteiger partial charge on any atom is 0.129 e. The van der Waals surface area contributed by atoms with Crippen LogP contribution in [0.2, 0.25) is 0 Å². The molecule has 0 amide bonds. The van der Waals surface area contributed by atoms with E-state index in [1.54, 1.807) is 0 Å². The first-order valence-corrected chi connectivity index (χ1v) is 9.50. The smallest absolute Gasteiger partial charge is 0.129 e. The van der Waals surface area contributed by atoms with E-state index >= 15 is 0 Å². The van der Waals surface area contributed by atoms with Crippen LogP contribution in [0.4, 0.5) is 0 Å². The molecular formula is C18H38N4. The van der Waals surface area contributed by atoms with Crippen molar-refractivity contribution in [2.75, 3.05) is 0 Å². The van der Waals surface area contributed by atoms with Gasteiger partial charge in [0.05, 0.1) is 5.54 Å². The van der Waals surface area contributed by atoms with Crippen LogP contribution in [0.25, 0.3) is 0 Å². The Morgan fingerprint density at radius 1 is 0.818 bits per heavy atom. The van der Waals surface area contributed by atoms with Gasteiger partial charge < -0.3 is 0 Å². The number of hydrogen-bond donors (Lipinski definition) is 2. The summed E-state index contributed by atoms with van der Waals surface area (Å²) in [7, 11) is 0. The molecule has 0 aromatic heterocycles. The van der Waals surface area contributed by atoms with Crippen molar-refractivity contribution in [1.29, 1.82) is 0 Å². The van der Waals surface area contributed by atoms with Crippen LogP contribution in [0, 0.1) is 0 Å². The third-order valence-corrected chi connectivity index (χ3v) is 4.70. The van der Waals surface area contributed by atoms with Gasteiger partial charge in [-0.15, -0.1) is 5.53 Å². The molecule has 0 unspecified atom stereocenters. The lowest BCUT2D eigenvalue weighted by molar-refractivity contribution is 0.137. The predicted molar refractivity (Wildman–Crippen MR) is 96.4 cm³/mol. The Bertz CT molecular complexity index is 289. The minimum absolute atomic E-state index is 0.130. The molecule has 0 fully saturated rings. The molecule has 2 N–H and O–H groups in total. The van der Waals surface area contributed by atoms with E-state index in [0.717, 1.165) is 0 Å². The summed E-state index contributed by atoms with van der Waals surface area (Å²) in [6.45, 7) is 6.81. The van der Waals surface area contributed by atoms with Gasteiger partial charge in [0.15, 0.2) is 0 Å². The van der Waals surface area contributed by atoms with Gasteiger partial charge in [-0.1, -0.05) is 84.0 Å². The van der Waals surface area contributed by atoms with E-state index < -0.39 is 0 Å². The number of nitrogens with one attached hydrogen (secondary N) is 2. The summed E-state index contributed by atoms with van der Waals surface area (Å²) < 4.78 is 0. The molecule has 22 heavy (non-hydrogen) atoms. The van der Waals surface area contributed by atoms with Crippen LogP contribution in [0.5, 0.6) is 0 Å². The Labute approximate surface area is 138 Å². The van der Waals surface area contributed by atoms with E-state index in [9.17, 15) is 0 Å². The second-order valence-corrected chi connectivity index (χ2v) is 7.29. The summed E-state index contributed by atoms with van der Waals surface area (Å²) in [5.41, 5.74) is 5.95. The monoisotopic (exact) mass is 310 g/mol. The quantitative estimate of drug-likeness (QED) is 0.437. The molecule has 0 aromatic rings. The van der Waals surface area contributed by atoms with E-state index in [0.29, 0.717) is 0 Å². The SMILES string of the molecule is CCCCCCCCCCCCCCC(C)(C)N1C=NNN1. The van der Waals surface area contributed by atoms with E-state index in [-0.39, 0.29) is 5.54 Å². The van der Waals surface area contributed by atoms with Crippen molar-refractivity contribution in [3.63, 3.8) is 0 Å². The fraction of sp³-hybridized carbons (Fsp3) is 0.944. The van der Waals surface area contributed by atoms with Gasteiger partial charge in [0.1, 0.15) is 6.34 Å². The van der Waals surface area contributed by atoms with Crippen molar-refractivity contribution in [3.8, 4) is 0 Å². The second-order valence-electron chi connectivity index (χ2n) is 7.29. The van der Waals surface area contributed by atoms with Crippen molar-refractivity contribution in [2.45, 2.75) is 110 Å². The van der Waals surface area contributed by atoms with E-state index in [1.807, 2.05) is 6.34 Å². The molecule has 4 heteroatoms. The summed E-state index contributed by atoms with van der Waals surface area (Å²) >= 11 is 0. The lowest BCUT2D eigenvalue weighted by atomic mass is 9.95. The Hall–Kier alpha value is -0.770. The molecule has 1 aliphatic heterocycles. The molecule has 1 aliphatic rings. The average molecular weight is 311 g/mol. The van der Waals surface area contributed by atoms with Crippen LogP contribution < -0.4 is 11.1 Å². The second kappa shape index (κ2) is 11.8. The predicted octanol–water partition coefficient (Wildman–Crippen LogP) is 5.12. The maximum absolute atomic E-state index is 3.98. The standard InChI is InChI=1S/C18H38N4/c1-4-5-6-7-8-9-10-11-12-13-14-15-16-18(2,3)22-17-19-20-21-22/h17,20-21H,4-16H2,1-3H3. The lowest BCUT2D eigenvalue weighted by Gasteiger charge is -2.33. The van der Waals surface area contributed by atoms with Crippen LogP contribution in [-0.4, -0.2) is 16.9 Å². The van der Waals surface area contributed by atoms with Gasteiger partial charge in [0.25, 0.3) is 0 Å². The molecule has 0 bridgehead atoms. The minimum atomic E-state index is 0.130. The largest absolute Gasteiger partial charge is 0.272 e. The molecule has 130 valence electrons. The van der Waals surface area contributed by atoms with Gasteiger partial charge >= 0.3 is 0 Å². The maximum atomic E-state index is 3.98. The molecule has 0 radical (unpaired) electrons. The van der Waals surface area contributed by atoms with E-state index in [4.69, 9.17) is 0 Å². The molecule has 0 saturated carbocycles. The molecule has 0 aliphatic carbocycles. The van der Waals surface area contributed by atoms with Crippen LogP contribution in [-0.2, 0) is 0 Å². The molecule has 0 saturated heterocycles. The Balaban J connectivity index is 1.84. The zero-order chi connectivity index (χ0) is 16.1. The summed E-state index contributed by atoms with van der Waals surface area (Å²) in [6, 6.07) is 0. The van der Waals surface area contributed by atoms with Crippen LogP contribution in [0.1, 0.15) is 104 Å². The Morgan fingerprint density at radius 3 is 1.77 bits per heavy atom. The third kappa shape index (κ3) is 8.62. The molecule has 1 rings (SSSR count). The fourth-order valence-corrected chi connectivity index (χ4v) is 3.02. The Kier molecular flexibility index (Phi) is 10.3. The van der Waals surface area contributed by atoms with Crippen molar-refractivity contribution < 1.29 is 0 Å². The van der Waals surface area contributed by atoms with Crippen LogP contribution >= 0.6 is 0 Å². The Morgan fingerprint density at radius 2 is 1.32 bits per heavy atom. The zero-order valence-electron chi connectivity index (χ0n) is 15.2. The first-order chi connectivity index (χ1) is 10.7. The molecule has 1 heterocycles. The number of unbranched alkanes of at least 4 members (excludes halogenated alkanes) is 11. The molecule has 0 spiro atoms. The highest BCUT2D eigenvalue weighted by molar-refractivity contribution is 5.56. The zero-order valence-corrected chi connectivity index (χ0v) is 15.2. The topological polar surface area (TPSA) is 39.7 Å². The summed E-state index contributed by atoms with van der Waals surface area (Å²) in [5.74, 6) is 0. The minimum Gasteiger partial charge on any atom is -0.272 e. The highest BCUT2D eigenvalue weighted by Gasteiger charge is 2.25. The van der Waals surface area contributed by atoms with Crippen molar-refractivity contribution in [2.24, 2.45) is 5.10 Å². The molecule has 0 aromatic carbocycles. The average Bonchev–Trinajstić information content (AvgIpc) is 3.03. The highest BCUT2D eigenvalue weighted by Crippen LogP contribution is 2.21. The summed E-state index contributed by atoms with van der Waals surface area (Å²) in [5, 5.41) is 6.04. The number of hydrazine groups is 2. The third-order valence-electron chi connectivity index (χ3n) is 4.70. The van der Waals surface area contributed by atoms with Gasteiger partial charge in [-0.2, -0.15) is 5.10 Å². The molecule has 4 nitrogen and oxygen atoms in total. The molecular weight excluding hydrogens is 272 g/mol. The molecule has 0 atom stereocenters. The van der Waals surface area contributed by atoms with Gasteiger partial charge in [-0.05, 0) is 20.3 Å². The normalized spacial score (nSPS) is 14.6. The van der Waals surface area contributed by atoms with E-state index in [1.165, 1.54) is 83.5 Å². The van der Waals surface area contributed by atoms with Crippen molar-refractivity contribution in [1.82, 2.24) is 16.1 Å². The fourth-order valence-electron chi connectivity index (χ4n) is 3.02. The highest BCUT2D eigenvalue weighted by atomic mass is 15.8. The van der Waals surface area contributed by atoms with Crippen LogP contribution in [0.3, 0.4) is 0 Å². The number of hydrogen-bond acceptors (Lipinski definition) is 4. The lowest BCUT2D eigenvalue weighted by Crippen LogP contribution is -2.50. The van der Waals surface area contributed by atoms with E-state index in [2.05, 4.69) is 42.0 Å². The van der Waals surface area contributed by atoms with Gasteiger partial charge in [-0.25, -0.2) is 5.53 Å². The van der Waals surface area contributed by atoms with Crippen molar-refractivity contribution >= 4 is 6.34 Å². The van der Waals surface area contributed by atoms with Gasteiger partial charge in [0.2, 0.25) is 0 Å². The first kappa shape index (κ1) is 19.3. The van der Waals surface area contributed by atoms with Crippen molar-refractivity contribution in [3.05, 3.63) is 0 Å². The van der Waals surface area contributed by atoms with Gasteiger partial charge in [-0.3, -0.25) is 5.01 Å². The number of nitrogens with zero attached hydrogens (tertiary/aromatic N) is 2. The number of rotatable bonds is 14. The summed E-state index contributed by atoms with van der Waals surface area (Å²) in [4.78, 5) is 0.